The molecule has 0 amide bonds. The summed E-state index contributed by atoms with van der Waals surface area (Å²) < 4.78 is 26.1. The Morgan fingerprint density at radius 3 is 2.52 bits per heavy atom. The molecule has 2 atom stereocenters. The molecule has 9 heteroatoms. The smallest absolute Gasteiger partial charge is 0.339 e. The summed E-state index contributed by atoms with van der Waals surface area (Å²) in [6.45, 7) is 2.95. The number of carbonyl (C=O) groups excluding carboxylic acids is 3. The van der Waals surface area contributed by atoms with E-state index in [-0.39, 0.29) is 12.4 Å². The molecule has 0 radical (unpaired) electrons. The van der Waals surface area contributed by atoms with Crippen LogP contribution in [0.5, 0.6) is 5.75 Å². The van der Waals surface area contributed by atoms with Crippen LogP contribution in [0, 0.1) is 0 Å². The van der Waals surface area contributed by atoms with Crippen LogP contribution in [-0.4, -0.2) is 61.5 Å². The van der Waals surface area contributed by atoms with Crippen LogP contribution in [0.15, 0.2) is 36.1 Å². The van der Waals surface area contributed by atoms with Gasteiger partial charge in [-0.05, 0) is 31.0 Å². The summed E-state index contributed by atoms with van der Waals surface area (Å²) >= 11 is 0. The number of benzene rings is 1. The van der Waals surface area contributed by atoms with Crippen molar-refractivity contribution in [2.45, 2.75) is 45.0 Å². The van der Waals surface area contributed by atoms with Crippen LogP contribution >= 0.6 is 0 Å². The Labute approximate surface area is 180 Å². The van der Waals surface area contributed by atoms with Gasteiger partial charge in [0.25, 0.3) is 0 Å². The molecule has 1 N–H and O–H groups in total. The summed E-state index contributed by atoms with van der Waals surface area (Å²) in [7, 11) is 1.60. The Bertz CT molecular complexity index is 800. The van der Waals surface area contributed by atoms with Gasteiger partial charge in [-0.1, -0.05) is 12.1 Å². The number of aliphatic hydroxyl groups is 1. The van der Waals surface area contributed by atoms with Crippen molar-refractivity contribution < 1.29 is 43.2 Å². The van der Waals surface area contributed by atoms with Gasteiger partial charge in [0.05, 0.1) is 20.3 Å². The van der Waals surface area contributed by atoms with Crippen molar-refractivity contribution in [2.75, 3.05) is 26.9 Å². The molecule has 9 nitrogen and oxygen atoms in total. The van der Waals surface area contributed by atoms with Crippen LogP contribution < -0.4 is 4.74 Å². The van der Waals surface area contributed by atoms with Gasteiger partial charge < -0.3 is 28.8 Å². The lowest BCUT2D eigenvalue weighted by Crippen LogP contribution is -2.56. The summed E-state index contributed by atoms with van der Waals surface area (Å²) in [6.07, 6.45) is 0.148. The third kappa shape index (κ3) is 6.53. The van der Waals surface area contributed by atoms with E-state index < -0.39 is 36.0 Å². The molecule has 1 aromatic carbocycles. The molecule has 1 heterocycles. The number of aliphatic hydroxyl groups excluding tert-OH is 1. The van der Waals surface area contributed by atoms with Gasteiger partial charge in [-0.3, -0.25) is 9.59 Å². The zero-order chi connectivity index (χ0) is 22.9. The van der Waals surface area contributed by atoms with E-state index >= 15 is 0 Å². The minimum atomic E-state index is -2.04. The summed E-state index contributed by atoms with van der Waals surface area (Å²) in [5, 5.41) is 10.4. The number of ether oxygens (including phenoxy) is 5. The van der Waals surface area contributed by atoms with Crippen molar-refractivity contribution in [3.63, 3.8) is 0 Å². The monoisotopic (exact) mass is 436 g/mol. The minimum absolute atomic E-state index is 0.0134. The third-order valence-corrected chi connectivity index (χ3v) is 4.60. The predicted octanol–water partition coefficient (Wildman–Crippen LogP) is 1.70. The van der Waals surface area contributed by atoms with Crippen molar-refractivity contribution in [1.29, 1.82) is 0 Å². The standard InChI is InChI=1S/C22H28O9/c1-4-29-21(26)20(25)22(14-30-15(2)23)19(24)12-18(31-22)6-5-11-28-13-16-7-9-17(27-3)10-8-16/h7-10,12,20,25H,4-6,11,13-14H2,1-3H3/t20-,22-/m1/s1. The van der Waals surface area contributed by atoms with Crippen molar-refractivity contribution in [1.82, 2.24) is 0 Å². The number of methoxy groups -OCH3 is 1. The Morgan fingerprint density at radius 1 is 1.19 bits per heavy atom. The zero-order valence-corrected chi connectivity index (χ0v) is 17.9. The van der Waals surface area contributed by atoms with E-state index in [1.807, 2.05) is 24.3 Å². The summed E-state index contributed by atoms with van der Waals surface area (Å²) in [5.74, 6) is -1.33. The summed E-state index contributed by atoms with van der Waals surface area (Å²) in [5.41, 5.74) is -1.05. The highest BCUT2D eigenvalue weighted by molar-refractivity contribution is 6.03. The van der Waals surface area contributed by atoms with Crippen LogP contribution in [0.25, 0.3) is 0 Å². The van der Waals surface area contributed by atoms with E-state index in [0.29, 0.717) is 26.1 Å². The lowest BCUT2D eigenvalue weighted by molar-refractivity contribution is -0.183. The highest BCUT2D eigenvalue weighted by Crippen LogP contribution is 2.32. The highest BCUT2D eigenvalue weighted by Gasteiger charge is 2.55. The molecule has 1 aromatic rings. The molecule has 0 fully saturated rings. The van der Waals surface area contributed by atoms with Crippen molar-refractivity contribution >= 4 is 17.7 Å². The fraction of sp³-hybridized carbons (Fsp3) is 0.500. The molecule has 0 unspecified atom stereocenters. The topological polar surface area (TPSA) is 118 Å². The number of esters is 2. The van der Waals surface area contributed by atoms with E-state index in [9.17, 15) is 19.5 Å². The first-order valence-electron chi connectivity index (χ1n) is 9.95. The van der Waals surface area contributed by atoms with Gasteiger partial charge in [-0.15, -0.1) is 0 Å². The van der Waals surface area contributed by atoms with Gasteiger partial charge in [0.1, 0.15) is 18.1 Å². The van der Waals surface area contributed by atoms with Gasteiger partial charge in [-0.2, -0.15) is 0 Å². The number of hydrogen-bond acceptors (Lipinski definition) is 9. The van der Waals surface area contributed by atoms with Crippen LogP contribution in [0.3, 0.4) is 0 Å². The molecule has 170 valence electrons. The normalized spacial score (nSPS) is 18.7. The second-order valence-electron chi connectivity index (χ2n) is 6.91. The van der Waals surface area contributed by atoms with Gasteiger partial charge >= 0.3 is 11.9 Å². The lowest BCUT2D eigenvalue weighted by Gasteiger charge is -2.30. The average Bonchev–Trinajstić information content (AvgIpc) is 3.08. The van der Waals surface area contributed by atoms with Crippen LogP contribution in [0.4, 0.5) is 0 Å². The molecule has 31 heavy (non-hydrogen) atoms. The SMILES string of the molecule is CCOC(=O)[C@@H](O)[C@]1(COC(C)=O)OC(CCCOCc2ccc(OC)cc2)=CC1=O. The van der Waals surface area contributed by atoms with Crippen molar-refractivity contribution in [3.05, 3.63) is 41.7 Å². The fourth-order valence-electron chi connectivity index (χ4n) is 2.96. The summed E-state index contributed by atoms with van der Waals surface area (Å²) in [6, 6.07) is 7.50. The first-order valence-corrected chi connectivity index (χ1v) is 9.95. The molecular weight excluding hydrogens is 408 g/mol. The van der Waals surface area contributed by atoms with Gasteiger partial charge in [-0.25, -0.2) is 4.79 Å². The highest BCUT2D eigenvalue weighted by atomic mass is 16.6. The average molecular weight is 436 g/mol. The minimum Gasteiger partial charge on any atom is -0.497 e. The van der Waals surface area contributed by atoms with Crippen LogP contribution in [0.1, 0.15) is 32.3 Å². The second kappa shape index (κ2) is 11.5. The number of hydrogen-bond donors (Lipinski definition) is 1. The maximum atomic E-state index is 12.6. The van der Waals surface area contributed by atoms with Gasteiger partial charge in [0, 0.05) is 26.0 Å². The van der Waals surface area contributed by atoms with Crippen LogP contribution in [-0.2, 0) is 39.9 Å². The molecule has 0 saturated heterocycles. The lowest BCUT2D eigenvalue weighted by atomic mass is 9.93. The van der Waals surface area contributed by atoms with Gasteiger partial charge in [0.15, 0.2) is 0 Å². The van der Waals surface area contributed by atoms with Crippen molar-refractivity contribution in [3.8, 4) is 5.75 Å². The van der Waals surface area contributed by atoms with Gasteiger partial charge in [0.2, 0.25) is 17.5 Å². The Morgan fingerprint density at radius 2 is 1.90 bits per heavy atom. The first-order chi connectivity index (χ1) is 14.8. The summed E-state index contributed by atoms with van der Waals surface area (Å²) in [4.78, 5) is 35.8. The molecule has 1 aliphatic rings. The fourth-order valence-corrected chi connectivity index (χ4v) is 2.96. The maximum absolute atomic E-state index is 12.6. The van der Waals surface area contributed by atoms with Crippen LogP contribution in [0.2, 0.25) is 0 Å². The van der Waals surface area contributed by atoms with E-state index in [4.69, 9.17) is 23.7 Å². The zero-order valence-electron chi connectivity index (χ0n) is 17.9. The quantitative estimate of drug-likeness (QED) is 0.386. The van der Waals surface area contributed by atoms with E-state index in [1.54, 1.807) is 14.0 Å². The Hall–Kier alpha value is -2.91. The number of carbonyl (C=O) groups is 3. The molecule has 2 rings (SSSR count). The molecule has 0 aliphatic carbocycles. The molecule has 1 aliphatic heterocycles. The number of rotatable bonds is 12. The predicted molar refractivity (Wildman–Crippen MR) is 108 cm³/mol. The van der Waals surface area contributed by atoms with E-state index in [0.717, 1.165) is 18.2 Å². The molecule has 0 bridgehead atoms. The molecule has 0 spiro atoms. The second-order valence-corrected chi connectivity index (χ2v) is 6.91. The number of allylic oxidation sites excluding steroid dienone is 1. The van der Waals surface area contributed by atoms with Crippen molar-refractivity contribution in [2.24, 2.45) is 0 Å². The number of ketones is 1. The molecule has 0 aromatic heterocycles. The maximum Gasteiger partial charge on any atom is 0.339 e. The Balaban J connectivity index is 1.89. The molecule has 0 saturated carbocycles. The third-order valence-electron chi connectivity index (χ3n) is 4.60. The first kappa shape index (κ1) is 24.4. The largest absolute Gasteiger partial charge is 0.497 e. The van der Waals surface area contributed by atoms with E-state index in [1.165, 1.54) is 6.08 Å². The van der Waals surface area contributed by atoms with E-state index in [2.05, 4.69) is 0 Å². The molecular formula is C22H28O9. The Kier molecular flexibility index (Phi) is 9.02.